The van der Waals surface area contributed by atoms with Crippen LogP contribution in [0, 0.1) is 6.54 Å². The normalized spacial score (nSPS) is 8.00. The number of hydrogen-bond acceptors (Lipinski definition) is 1. The Bertz CT molecular complexity index is 118. The molecule has 0 atom stereocenters. The van der Waals surface area contributed by atoms with Crippen LogP contribution in [0.5, 0.6) is 0 Å². The van der Waals surface area contributed by atoms with E-state index in [2.05, 4.69) is 23.8 Å². The average Bonchev–Trinajstić information content (AvgIpc) is 1.97. The maximum atomic E-state index is 10.6. The standard InChI is InChI=1S/C7H11N2O/c1-3-5-8-7(10)9-6-4-2/h3-5H,1-2,6H2,(H2,8,9,10). The molecule has 3 nitrogen and oxygen atoms in total. The Kier molecular flexibility index (Phi) is 5.14. The van der Waals surface area contributed by atoms with Crippen LogP contribution >= 0.6 is 0 Å². The molecule has 0 aliphatic heterocycles. The van der Waals surface area contributed by atoms with Crippen LogP contribution in [0.1, 0.15) is 0 Å². The molecule has 0 aromatic rings. The molecule has 0 unspecified atom stereocenters. The molecule has 0 aromatic carbocycles. The van der Waals surface area contributed by atoms with Crippen LogP contribution < -0.4 is 10.6 Å². The number of rotatable bonds is 4. The van der Waals surface area contributed by atoms with E-state index in [1.807, 2.05) is 0 Å². The van der Waals surface area contributed by atoms with Gasteiger partial charge in [0.05, 0.1) is 6.54 Å². The lowest BCUT2D eigenvalue weighted by molar-refractivity contribution is 0.244. The number of hydrogen-bond donors (Lipinski definition) is 2. The summed E-state index contributed by atoms with van der Waals surface area (Å²) in [6.07, 6.45) is 3.10. The Hall–Kier alpha value is -1.25. The van der Waals surface area contributed by atoms with Crippen molar-refractivity contribution >= 4 is 6.03 Å². The number of carbonyl (C=O) groups is 1. The molecule has 0 aromatic heterocycles. The molecule has 1 radical (unpaired) electrons. The highest BCUT2D eigenvalue weighted by Crippen LogP contribution is 1.70. The molecule has 0 aliphatic carbocycles. The topological polar surface area (TPSA) is 41.1 Å². The summed E-state index contributed by atoms with van der Waals surface area (Å²) < 4.78 is 0. The van der Waals surface area contributed by atoms with Gasteiger partial charge in [-0.05, 0) is 0 Å². The van der Waals surface area contributed by atoms with E-state index in [1.54, 1.807) is 6.08 Å². The van der Waals surface area contributed by atoms with E-state index in [4.69, 9.17) is 0 Å². The molecule has 2 amide bonds. The summed E-state index contributed by atoms with van der Waals surface area (Å²) in [6.45, 7) is 8.76. The summed E-state index contributed by atoms with van der Waals surface area (Å²) >= 11 is 0. The second kappa shape index (κ2) is 5.88. The van der Waals surface area contributed by atoms with Gasteiger partial charge in [-0.15, -0.1) is 13.2 Å². The van der Waals surface area contributed by atoms with Crippen molar-refractivity contribution in [2.75, 3.05) is 6.54 Å². The van der Waals surface area contributed by atoms with Gasteiger partial charge in [0.2, 0.25) is 0 Å². The minimum Gasteiger partial charge on any atom is -0.335 e. The van der Waals surface area contributed by atoms with Gasteiger partial charge in [0.25, 0.3) is 0 Å². The van der Waals surface area contributed by atoms with Crippen molar-refractivity contribution in [2.45, 2.75) is 0 Å². The van der Waals surface area contributed by atoms with Gasteiger partial charge < -0.3 is 10.6 Å². The summed E-state index contributed by atoms with van der Waals surface area (Å²) in [4.78, 5) is 10.6. The van der Waals surface area contributed by atoms with Crippen LogP contribution in [0.4, 0.5) is 4.79 Å². The zero-order valence-electron chi connectivity index (χ0n) is 5.76. The van der Waals surface area contributed by atoms with Crippen molar-refractivity contribution in [3.05, 3.63) is 31.9 Å². The number of urea groups is 1. The Morgan fingerprint density at radius 2 is 2.20 bits per heavy atom. The first kappa shape index (κ1) is 8.75. The van der Waals surface area contributed by atoms with Crippen molar-refractivity contribution in [1.82, 2.24) is 10.6 Å². The van der Waals surface area contributed by atoms with E-state index in [9.17, 15) is 4.79 Å². The molecule has 0 saturated carbocycles. The maximum absolute atomic E-state index is 10.6. The minimum atomic E-state index is -0.250. The number of nitrogens with one attached hydrogen (secondary N) is 2. The van der Waals surface area contributed by atoms with Gasteiger partial charge in [-0.25, -0.2) is 4.79 Å². The highest BCUT2D eigenvalue weighted by molar-refractivity contribution is 5.74. The molecule has 3 heteroatoms. The molecule has 0 bridgehead atoms. The highest BCUT2D eigenvalue weighted by Gasteiger charge is 1.92. The van der Waals surface area contributed by atoms with Crippen LogP contribution in [0.2, 0.25) is 0 Å². The number of carbonyl (C=O) groups excluding carboxylic acids is 1. The molecule has 2 N–H and O–H groups in total. The minimum absolute atomic E-state index is 0.250. The van der Waals surface area contributed by atoms with Crippen LogP contribution in [-0.4, -0.2) is 12.6 Å². The summed E-state index contributed by atoms with van der Waals surface area (Å²) in [5, 5.41) is 4.95. The maximum Gasteiger partial charge on any atom is 0.315 e. The quantitative estimate of drug-likeness (QED) is 0.556. The smallest absolute Gasteiger partial charge is 0.315 e. The molecule has 0 rings (SSSR count). The SMILES string of the molecule is C=C[CH]NC(=O)NCC=C. The van der Waals surface area contributed by atoms with Gasteiger partial charge in [0.15, 0.2) is 0 Å². The Morgan fingerprint density at radius 1 is 1.50 bits per heavy atom. The molecular weight excluding hydrogens is 128 g/mol. The lowest BCUT2D eigenvalue weighted by Gasteiger charge is -2.00. The Labute approximate surface area is 60.8 Å². The average molecular weight is 139 g/mol. The molecular formula is C7H11N2O. The predicted octanol–water partition coefficient (Wildman–Crippen LogP) is 0.819. The van der Waals surface area contributed by atoms with E-state index < -0.39 is 0 Å². The van der Waals surface area contributed by atoms with Gasteiger partial charge in [0, 0.05) is 6.54 Å². The first-order valence-corrected chi connectivity index (χ1v) is 2.90. The van der Waals surface area contributed by atoms with Crippen molar-refractivity contribution in [3.63, 3.8) is 0 Å². The van der Waals surface area contributed by atoms with Crippen LogP contribution in [-0.2, 0) is 0 Å². The van der Waals surface area contributed by atoms with Crippen molar-refractivity contribution in [1.29, 1.82) is 0 Å². The Balaban J connectivity index is 3.24. The third kappa shape index (κ3) is 4.90. The fraction of sp³-hybridized carbons (Fsp3) is 0.143. The zero-order chi connectivity index (χ0) is 7.82. The highest BCUT2D eigenvalue weighted by atomic mass is 16.2. The molecule has 0 aliphatic rings. The fourth-order valence-electron chi connectivity index (χ4n) is 0.351. The zero-order valence-corrected chi connectivity index (χ0v) is 5.76. The van der Waals surface area contributed by atoms with Gasteiger partial charge in [0.1, 0.15) is 0 Å². The van der Waals surface area contributed by atoms with Gasteiger partial charge in [-0.3, -0.25) is 0 Å². The summed E-state index contributed by atoms with van der Waals surface area (Å²) in [5.74, 6) is 0. The van der Waals surface area contributed by atoms with Crippen molar-refractivity contribution in [3.8, 4) is 0 Å². The van der Waals surface area contributed by atoms with E-state index >= 15 is 0 Å². The molecule has 0 fully saturated rings. The predicted molar refractivity (Wildman–Crippen MR) is 41.2 cm³/mol. The fourth-order valence-corrected chi connectivity index (χ4v) is 0.351. The van der Waals surface area contributed by atoms with Gasteiger partial charge in [-0.2, -0.15) is 0 Å². The van der Waals surface area contributed by atoms with E-state index in [-0.39, 0.29) is 6.03 Å². The van der Waals surface area contributed by atoms with Crippen molar-refractivity contribution in [2.24, 2.45) is 0 Å². The molecule has 0 saturated heterocycles. The third-order valence-electron chi connectivity index (χ3n) is 0.739. The molecule has 55 valence electrons. The molecule has 10 heavy (non-hydrogen) atoms. The lowest BCUT2D eigenvalue weighted by atomic mass is 10.6. The summed E-state index contributed by atoms with van der Waals surface area (Å²) in [6, 6.07) is -0.250. The number of amides is 2. The molecule has 0 heterocycles. The summed E-state index contributed by atoms with van der Waals surface area (Å²) in [5.41, 5.74) is 0. The van der Waals surface area contributed by atoms with Crippen LogP contribution in [0.15, 0.2) is 25.3 Å². The van der Waals surface area contributed by atoms with Gasteiger partial charge in [-0.1, -0.05) is 12.2 Å². The molecule has 0 spiro atoms. The van der Waals surface area contributed by atoms with Crippen LogP contribution in [0.25, 0.3) is 0 Å². The van der Waals surface area contributed by atoms with E-state index in [1.165, 1.54) is 12.6 Å². The summed E-state index contributed by atoms with van der Waals surface area (Å²) in [7, 11) is 0. The third-order valence-corrected chi connectivity index (χ3v) is 0.739. The van der Waals surface area contributed by atoms with E-state index in [0.29, 0.717) is 6.54 Å². The van der Waals surface area contributed by atoms with Gasteiger partial charge >= 0.3 is 6.03 Å². The second-order valence-electron chi connectivity index (χ2n) is 1.55. The first-order chi connectivity index (χ1) is 4.81. The lowest BCUT2D eigenvalue weighted by Crippen LogP contribution is -2.33. The largest absolute Gasteiger partial charge is 0.335 e. The van der Waals surface area contributed by atoms with E-state index in [0.717, 1.165) is 0 Å². The second-order valence-corrected chi connectivity index (χ2v) is 1.55. The van der Waals surface area contributed by atoms with Crippen LogP contribution in [0.3, 0.4) is 0 Å². The Morgan fingerprint density at radius 3 is 2.70 bits per heavy atom. The monoisotopic (exact) mass is 139 g/mol. The first-order valence-electron chi connectivity index (χ1n) is 2.90. The van der Waals surface area contributed by atoms with Crippen molar-refractivity contribution < 1.29 is 4.79 Å².